The van der Waals surface area contributed by atoms with Gasteiger partial charge in [-0.15, -0.1) is 0 Å². The fourth-order valence-electron chi connectivity index (χ4n) is 4.22. The summed E-state index contributed by atoms with van der Waals surface area (Å²) in [5.74, 6) is 0.0674. The van der Waals surface area contributed by atoms with E-state index < -0.39 is 0 Å². The number of hydrogen-bond acceptors (Lipinski definition) is 3. The Balaban J connectivity index is 1.62. The van der Waals surface area contributed by atoms with Crippen molar-refractivity contribution in [2.24, 2.45) is 0 Å². The lowest BCUT2D eigenvalue weighted by Gasteiger charge is -2.39. The summed E-state index contributed by atoms with van der Waals surface area (Å²) < 4.78 is 5.84. The van der Waals surface area contributed by atoms with Crippen LogP contribution in [0.3, 0.4) is 0 Å². The van der Waals surface area contributed by atoms with Crippen LogP contribution in [0.2, 0.25) is 0 Å². The molecule has 0 bridgehead atoms. The summed E-state index contributed by atoms with van der Waals surface area (Å²) in [5, 5.41) is 5.96. The van der Waals surface area contributed by atoms with Crippen molar-refractivity contribution in [1.82, 2.24) is 4.90 Å². The summed E-state index contributed by atoms with van der Waals surface area (Å²) in [6.45, 7) is 1.39. The summed E-state index contributed by atoms with van der Waals surface area (Å²) in [6, 6.07) is 22.4. The fourth-order valence-corrected chi connectivity index (χ4v) is 4.22. The Kier molecular flexibility index (Phi) is 4.06. The van der Waals surface area contributed by atoms with E-state index in [2.05, 4.69) is 41.7 Å². The Morgan fingerprint density at radius 2 is 1.81 bits per heavy atom. The summed E-state index contributed by atoms with van der Waals surface area (Å²) in [5.41, 5.74) is 2.74. The topological polar surface area (TPSA) is 41.6 Å². The van der Waals surface area contributed by atoms with Gasteiger partial charge in [-0.2, -0.15) is 0 Å². The fraction of sp³-hybridized carbons (Fsp3) is 0.261. The third-order valence-corrected chi connectivity index (χ3v) is 5.56. The van der Waals surface area contributed by atoms with Gasteiger partial charge in [0.1, 0.15) is 6.17 Å². The normalized spacial score (nSPS) is 21.9. The minimum Gasteiger partial charge on any atom is -0.376 e. The maximum atomic E-state index is 13.4. The van der Waals surface area contributed by atoms with E-state index in [9.17, 15) is 4.79 Å². The summed E-state index contributed by atoms with van der Waals surface area (Å²) in [7, 11) is 0. The van der Waals surface area contributed by atoms with Crippen molar-refractivity contribution in [3.8, 4) is 0 Å². The molecule has 2 aliphatic rings. The zero-order valence-electron chi connectivity index (χ0n) is 15.1. The highest BCUT2D eigenvalue weighted by Gasteiger charge is 2.35. The van der Waals surface area contributed by atoms with Crippen molar-refractivity contribution < 1.29 is 9.53 Å². The number of benzene rings is 3. The Hall–Kier alpha value is -2.85. The zero-order valence-corrected chi connectivity index (χ0v) is 15.1. The van der Waals surface area contributed by atoms with Crippen LogP contribution in [0, 0.1) is 0 Å². The predicted molar refractivity (Wildman–Crippen MR) is 107 cm³/mol. The third-order valence-electron chi connectivity index (χ3n) is 5.56. The van der Waals surface area contributed by atoms with Gasteiger partial charge in [0.25, 0.3) is 5.91 Å². The van der Waals surface area contributed by atoms with Crippen molar-refractivity contribution in [1.29, 1.82) is 0 Å². The van der Waals surface area contributed by atoms with E-state index in [1.807, 2.05) is 35.2 Å². The van der Waals surface area contributed by atoms with E-state index in [0.29, 0.717) is 6.54 Å². The van der Waals surface area contributed by atoms with Crippen LogP contribution in [-0.4, -0.2) is 30.1 Å². The average molecular weight is 358 g/mol. The number of fused-ring (bicyclic) bond motifs is 2. The minimum absolute atomic E-state index is 0.0674. The smallest absolute Gasteiger partial charge is 0.257 e. The SMILES string of the molecule is O=C1c2ccccc2N[C@H](c2cccc3ccccc23)N1C[C@@H]1CCCO1. The number of rotatable bonds is 3. The quantitative estimate of drug-likeness (QED) is 0.745. The molecule has 5 rings (SSSR count). The molecule has 2 aliphatic heterocycles. The molecule has 2 atom stereocenters. The molecule has 0 aromatic heterocycles. The molecule has 27 heavy (non-hydrogen) atoms. The monoisotopic (exact) mass is 358 g/mol. The van der Waals surface area contributed by atoms with Crippen LogP contribution >= 0.6 is 0 Å². The number of anilines is 1. The summed E-state index contributed by atoms with van der Waals surface area (Å²) >= 11 is 0. The van der Waals surface area contributed by atoms with E-state index in [-0.39, 0.29) is 18.2 Å². The van der Waals surface area contributed by atoms with Crippen LogP contribution in [0.25, 0.3) is 10.8 Å². The summed E-state index contributed by atoms with van der Waals surface area (Å²) in [4.78, 5) is 15.3. The predicted octanol–water partition coefficient (Wildman–Crippen LogP) is 4.59. The first-order valence-electron chi connectivity index (χ1n) is 9.57. The second kappa shape index (κ2) is 6.71. The summed E-state index contributed by atoms with van der Waals surface area (Å²) in [6.07, 6.45) is 1.98. The van der Waals surface area contributed by atoms with Gasteiger partial charge in [-0.3, -0.25) is 4.79 Å². The second-order valence-corrected chi connectivity index (χ2v) is 7.25. The number of para-hydroxylation sites is 1. The number of ether oxygens (including phenoxy) is 1. The largest absolute Gasteiger partial charge is 0.376 e. The van der Waals surface area contributed by atoms with Crippen LogP contribution in [0.15, 0.2) is 66.7 Å². The molecule has 0 unspecified atom stereocenters. The van der Waals surface area contributed by atoms with Crippen LogP contribution in [0.5, 0.6) is 0 Å². The highest BCUT2D eigenvalue weighted by Crippen LogP contribution is 2.36. The van der Waals surface area contributed by atoms with Crippen molar-refractivity contribution in [3.05, 3.63) is 77.9 Å². The van der Waals surface area contributed by atoms with Crippen LogP contribution in [0.1, 0.15) is 34.9 Å². The molecular formula is C23H22N2O2. The number of amides is 1. The number of hydrogen-bond donors (Lipinski definition) is 1. The van der Waals surface area contributed by atoms with Crippen LogP contribution < -0.4 is 5.32 Å². The molecule has 4 nitrogen and oxygen atoms in total. The molecule has 0 aliphatic carbocycles. The van der Waals surface area contributed by atoms with E-state index in [1.165, 1.54) is 10.8 Å². The Labute approximate surface area is 158 Å². The van der Waals surface area contributed by atoms with Gasteiger partial charge in [-0.25, -0.2) is 0 Å². The lowest BCUT2D eigenvalue weighted by atomic mass is 9.98. The van der Waals surface area contributed by atoms with Crippen LogP contribution in [0.4, 0.5) is 5.69 Å². The minimum atomic E-state index is -0.206. The van der Waals surface area contributed by atoms with E-state index in [0.717, 1.165) is 36.3 Å². The molecule has 2 heterocycles. The lowest BCUT2D eigenvalue weighted by molar-refractivity contribution is 0.0428. The van der Waals surface area contributed by atoms with Gasteiger partial charge < -0.3 is 15.0 Å². The molecule has 3 aromatic rings. The molecule has 0 saturated carbocycles. The first-order valence-corrected chi connectivity index (χ1v) is 9.57. The maximum absolute atomic E-state index is 13.4. The van der Waals surface area contributed by atoms with Crippen molar-refractivity contribution in [3.63, 3.8) is 0 Å². The Morgan fingerprint density at radius 3 is 2.70 bits per heavy atom. The molecule has 1 amide bonds. The van der Waals surface area contributed by atoms with Gasteiger partial charge in [0.15, 0.2) is 0 Å². The van der Waals surface area contributed by atoms with Gasteiger partial charge in [-0.05, 0) is 35.7 Å². The van der Waals surface area contributed by atoms with Gasteiger partial charge >= 0.3 is 0 Å². The van der Waals surface area contributed by atoms with Crippen molar-refractivity contribution >= 4 is 22.4 Å². The number of carbonyl (C=O) groups is 1. The molecule has 0 radical (unpaired) electrons. The zero-order chi connectivity index (χ0) is 18.2. The number of carbonyl (C=O) groups excluding carboxylic acids is 1. The molecule has 1 saturated heterocycles. The average Bonchev–Trinajstić information content (AvgIpc) is 3.23. The Bertz CT molecular complexity index is 989. The highest BCUT2D eigenvalue weighted by molar-refractivity contribution is 6.02. The molecular weight excluding hydrogens is 336 g/mol. The first-order chi connectivity index (χ1) is 13.3. The standard InChI is InChI=1S/C23H22N2O2/c26-23-20-11-3-4-13-21(20)24-22(25(23)15-17-9-6-14-27-17)19-12-5-8-16-7-1-2-10-18(16)19/h1-5,7-8,10-13,17,22,24H,6,9,14-15H2/t17-,22-/m0/s1. The highest BCUT2D eigenvalue weighted by atomic mass is 16.5. The van der Waals surface area contributed by atoms with E-state index in [4.69, 9.17) is 4.74 Å². The molecule has 1 N–H and O–H groups in total. The van der Waals surface area contributed by atoms with E-state index in [1.54, 1.807) is 0 Å². The molecule has 1 fully saturated rings. The maximum Gasteiger partial charge on any atom is 0.257 e. The number of nitrogens with one attached hydrogen (secondary N) is 1. The Morgan fingerprint density at radius 1 is 1.00 bits per heavy atom. The van der Waals surface area contributed by atoms with E-state index >= 15 is 0 Å². The van der Waals surface area contributed by atoms with Crippen molar-refractivity contribution in [2.75, 3.05) is 18.5 Å². The molecule has 136 valence electrons. The van der Waals surface area contributed by atoms with Gasteiger partial charge in [0.05, 0.1) is 11.7 Å². The van der Waals surface area contributed by atoms with Gasteiger partial charge in [-0.1, -0.05) is 54.6 Å². The van der Waals surface area contributed by atoms with Crippen molar-refractivity contribution in [2.45, 2.75) is 25.1 Å². The first kappa shape index (κ1) is 16.3. The third kappa shape index (κ3) is 2.86. The second-order valence-electron chi connectivity index (χ2n) is 7.25. The molecule has 3 aromatic carbocycles. The number of nitrogens with zero attached hydrogens (tertiary/aromatic N) is 1. The molecule has 0 spiro atoms. The molecule has 4 heteroatoms. The lowest BCUT2D eigenvalue weighted by Crippen LogP contribution is -2.46. The van der Waals surface area contributed by atoms with Crippen LogP contribution in [-0.2, 0) is 4.74 Å². The van der Waals surface area contributed by atoms with Gasteiger partial charge in [0.2, 0.25) is 0 Å². The van der Waals surface area contributed by atoms with Gasteiger partial charge in [0, 0.05) is 24.4 Å².